The average molecular weight is 384 g/mol. The van der Waals surface area contributed by atoms with Crippen LogP contribution in [0, 0.1) is 0 Å². The molecule has 3 rings (SSSR count). The number of ether oxygens (including phenoxy) is 3. The molecule has 0 bridgehead atoms. The predicted molar refractivity (Wildman–Crippen MR) is 108 cm³/mol. The number of hydrogen-bond acceptors (Lipinski definition) is 6. The number of nitrogens with one attached hydrogen (secondary N) is 1. The van der Waals surface area contributed by atoms with Gasteiger partial charge in [-0.05, 0) is 36.2 Å². The number of methoxy groups -OCH3 is 2. The molecule has 2 aromatic carbocycles. The maximum Gasteiger partial charge on any atom is 0.337 e. The first-order valence-electron chi connectivity index (χ1n) is 9.52. The first kappa shape index (κ1) is 20.3. The van der Waals surface area contributed by atoms with Crippen LogP contribution in [0.3, 0.4) is 0 Å². The molecule has 0 radical (unpaired) electrons. The molecular weight excluding hydrogens is 356 g/mol. The Morgan fingerprint density at radius 2 is 1.89 bits per heavy atom. The summed E-state index contributed by atoms with van der Waals surface area (Å²) < 4.78 is 15.5. The van der Waals surface area contributed by atoms with Crippen molar-refractivity contribution in [1.82, 2.24) is 4.90 Å². The lowest BCUT2D eigenvalue weighted by Gasteiger charge is -2.26. The Labute approximate surface area is 166 Å². The van der Waals surface area contributed by atoms with E-state index < -0.39 is 0 Å². The van der Waals surface area contributed by atoms with Crippen LogP contribution in [0.2, 0.25) is 0 Å². The molecule has 6 nitrogen and oxygen atoms in total. The van der Waals surface area contributed by atoms with Gasteiger partial charge in [-0.25, -0.2) is 4.79 Å². The first-order chi connectivity index (χ1) is 13.7. The fourth-order valence-corrected chi connectivity index (χ4v) is 3.46. The third-order valence-electron chi connectivity index (χ3n) is 4.94. The van der Waals surface area contributed by atoms with Crippen molar-refractivity contribution in [2.24, 2.45) is 0 Å². The highest BCUT2D eigenvalue weighted by molar-refractivity contribution is 5.89. The third-order valence-corrected chi connectivity index (χ3v) is 4.94. The van der Waals surface area contributed by atoms with Crippen LogP contribution in [-0.4, -0.2) is 57.6 Å². The van der Waals surface area contributed by atoms with Gasteiger partial charge in [0.15, 0.2) is 0 Å². The lowest BCUT2D eigenvalue weighted by atomic mass is 10.1. The highest BCUT2D eigenvalue weighted by Gasteiger charge is 2.26. The molecule has 0 aromatic heterocycles. The lowest BCUT2D eigenvalue weighted by molar-refractivity contribution is -0.0671. The molecule has 0 aliphatic carbocycles. The van der Waals surface area contributed by atoms with Gasteiger partial charge in [-0.3, -0.25) is 4.90 Å². The number of carbonyl (C=O) groups is 1. The summed E-state index contributed by atoms with van der Waals surface area (Å²) in [5.74, 6) is -0.328. The van der Waals surface area contributed by atoms with Crippen molar-refractivity contribution in [2.45, 2.75) is 18.6 Å². The fourth-order valence-electron chi connectivity index (χ4n) is 3.46. The second-order valence-electron chi connectivity index (χ2n) is 6.92. The minimum Gasteiger partial charge on any atom is -0.465 e. The standard InChI is InChI=1S/C22H28N2O4/c1-26-16-28-20-12-13-24(14-20)15-21(17-6-4-3-5-7-17)23-19-10-8-18(9-11-19)22(25)27-2/h3-11,20-21,23H,12-16H2,1-2H3. The molecule has 0 amide bonds. The normalized spacial score (nSPS) is 18.0. The third kappa shape index (κ3) is 5.55. The Kier molecular flexibility index (Phi) is 7.42. The Bertz CT molecular complexity index is 736. The van der Waals surface area contributed by atoms with E-state index in [-0.39, 0.29) is 18.1 Å². The molecule has 150 valence electrons. The van der Waals surface area contributed by atoms with Crippen molar-refractivity contribution in [3.8, 4) is 0 Å². The number of esters is 1. The van der Waals surface area contributed by atoms with E-state index in [1.54, 1.807) is 19.2 Å². The molecule has 28 heavy (non-hydrogen) atoms. The van der Waals surface area contributed by atoms with Gasteiger partial charge in [0.05, 0.1) is 24.8 Å². The quantitative estimate of drug-likeness (QED) is 0.529. The predicted octanol–water partition coefficient (Wildman–Crippen LogP) is 3.32. The molecule has 1 fully saturated rings. The van der Waals surface area contributed by atoms with E-state index in [4.69, 9.17) is 14.2 Å². The highest BCUT2D eigenvalue weighted by atomic mass is 16.7. The van der Waals surface area contributed by atoms with Crippen molar-refractivity contribution in [3.05, 3.63) is 65.7 Å². The first-order valence-corrected chi connectivity index (χ1v) is 9.52. The van der Waals surface area contributed by atoms with Gasteiger partial charge in [0.1, 0.15) is 6.79 Å². The molecule has 1 saturated heterocycles. The summed E-state index contributed by atoms with van der Waals surface area (Å²) in [7, 11) is 3.03. The molecule has 6 heteroatoms. The summed E-state index contributed by atoms with van der Waals surface area (Å²) in [4.78, 5) is 14.0. The number of anilines is 1. The van der Waals surface area contributed by atoms with Crippen molar-refractivity contribution >= 4 is 11.7 Å². The summed E-state index contributed by atoms with van der Waals surface area (Å²) in [6.45, 7) is 3.11. The Balaban J connectivity index is 1.67. The molecular formula is C22H28N2O4. The zero-order valence-corrected chi connectivity index (χ0v) is 16.5. The number of nitrogens with zero attached hydrogens (tertiary/aromatic N) is 1. The van der Waals surface area contributed by atoms with Crippen molar-refractivity contribution in [1.29, 1.82) is 0 Å². The fraction of sp³-hybridized carbons (Fsp3) is 0.409. The summed E-state index contributed by atoms with van der Waals surface area (Å²) in [5, 5.41) is 3.61. The molecule has 1 N–H and O–H groups in total. The van der Waals surface area contributed by atoms with Gasteiger partial charge in [0.25, 0.3) is 0 Å². The molecule has 2 atom stereocenters. The topological polar surface area (TPSA) is 60.0 Å². The van der Waals surface area contributed by atoms with Crippen LogP contribution in [0.5, 0.6) is 0 Å². The second-order valence-corrected chi connectivity index (χ2v) is 6.92. The van der Waals surface area contributed by atoms with Gasteiger partial charge in [-0.15, -0.1) is 0 Å². The second kappa shape index (κ2) is 10.2. The van der Waals surface area contributed by atoms with Gasteiger partial charge >= 0.3 is 5.97 Å². The van der Waals surface area contributed by atoms with E-state index in [1.807, 2.05) is 18.2 Å². The SMILES string of the molecule is COCOC1CCN(CC(Nc2ccc(C(=O)OC)cc2)c2ccccc2)C1. The summed E-state index contributed by atoms with van der Waals surface area (Å²) in [6, 6.07) is 17.9. The van der Waals surface area contributed by atoms with E-state index in [9.17, 15) is 4.79 Å². The minimum absolute atomic E-state index is 0.131. The van der Waals surface area contributed by atoms with Crippen LogP contribution >= 0.6 is 0 Å². The van der Waals surface area contributed by atoms with Gasteiger partial charge in [-0.2, -0.15) is 0 Å². The molecule has 2 aromatic rings. The zero-order valence-electron chi connectivity index (χ0n) is 16.5. The Morgan fingerprint density at radius 3 is 2.57 bits per heavy atom. The van der Waals surface area contributed by atoms with Gasteiger partial charge in [0.2, 0.25) is 0 Å². The van der Waals surface area contributed by atoms with Crippen LogP contribution in [-0.2, 0) is 14.2 Å². The number of carbonyl (C=O) groups excluding carboxylic acids is 1. The van der Waals surface area contributed by atoms with Crippen LogP contribution in [0.15, 0.2) is 54.6 Å². The van der Waals surface area contributed by atoms with E-state index in [0.717, 1.165) is 31.7 Å². The Hall–Kier alpha value is -2.41. The molecule has 1 aliphatic heterocycles. The Morgan fingerprint density at radius 1 is 1.14 bits per heavy atom. The van der Waals surface area contributed by atoms with Gasteiger partial charge in [0, 0.05) is 32.4 Å². The molecule has 2 unspecified atom stereocenters. The van der Waals surface area contributed by atoms with Gasteiger partial charge < -0.3 is 19.5 Å². The maximum absolute atomic E-state index is 11.6. The minimum atomic E-state index is -0.328. The number of benzene rings is 2. The van der Waals surface area contributed by atoms with Crippen LogP contribution in [0.4, 0.5) is 5.69 Å². The van der Waals surface area contributed by atoms with E-state index in [2.05, 4.69) is 34.5 Å². The average Bonchev–Trinajstić information content (AvgIpc) is 3.19. The largest absolute Gasteiger partial charge is 0.465 e. The van der Waals surface area contributed by atoms with E-state index in [0.29, 0.717) is 12.4 Å². The smallest absolute Gasteiger partial charge is 0.337 e. The number of rotatable bonds is 9. The van der Waals surface area contributed by atoms with E-state index in [1.165, 1.54) is 12.7 Å². The molecule has 0 saturated carbocycles. The van der Waals surface area contributed by atoms with E-state index >= 15 is 0 Å². The maximum atomic E-state index is 11.6. The van der Waals surface area contributed by atoms with Crippen LogP contribution in [0.25, 0.3) is 0 Å². The van der Waals surface area contributed by atoms with Crippen molar-refractivity contribution in [2.75, 3.05) is 46.0 Å². The summed E-state index contributed by atoms with van der Waals surface area (Å²) in [5.41, 5.74) is 2.73. The van der Waals surface area contributed by atoms with Crippen molar-refractivity contribution in [3.63, 3.8) is 0 Å². The van der Waals surface area contributed by atoms with Crippen LogP contribution < -0.4 is 5.32 Å². The summed E-state index contributed by atoms with van der Waals surface area (Å²) in [6.07, 6.45) is 1.23. The number of likely N-dealkylation sites (tertiary alicyclic amines) is 1. The number of hydrogen-bond donors (Lipinski definition) is 1. The highest BCUT2D eigenvalue weighted by Crippen LogP contribution is 2.24. The molecule has 1 aliphatic rings. The molecule has 1 heterocycles. The van der Waals surface area contributed by atoms with Crippen LogP contribution in [0.1, 0.15) is 28.4 Å². The van der Waals surface area contributed by atoms with Crippen molar-refractivity contribution < 1.29 is 19.0 Å². The monoisotopic (exact) mass is 384 g/mol. The van der Waals surface area contributed by atoms with Gasteiger partial charge in [-0.1, -0.05) is 30.3 Å². The summed E-state index contributed by atoms with van der Waals surface area (Å²) >= 11 is 0. The lowest BCUT2D eigenvalue weighted by Crippen LogP contribution is -2.31. The zero-order chi connectivity index (χ0) is 19.8. The molecule has 0 spiro atoms.